The Morgan fingerprint density at radius 2 is 2.10 bits per heavy atom. The summed E-state index contributed by atoms with van der Waals surface area (Å²) in [4.78, 5) is 12.2. The van der Waals surface area contributed by atoms with Crippen molar-refractivity contribution in [2.24, 2.45) is 11.8 Å². The summed E-state index contributed by atoms with van der Waals surface area (Å²) in [5.74, 6) is 1.13. The Bertz CT molecular complexity index is 488. The van der Waals surface area contributed by atoms with Crippen molar-refractivity contribution in [2.75, 3.05) is 5.73 Å². The van der Waals surface area contributed by atoms with E-state index in [1.807, 2.05) is 12.1 Å². The summed E-state index contributed by atoms with van der Waals surface area (Å²) in [5, 5.41) is 3.20. The Hall–Kier alpha value is -1.22. The molecule has 0 aromatic heterocycles. The number of rotatable bonds is 4. The lowest BCUT2D eigenvalue weighted by atomic mass is 9.87. The van der Waals surface area contributed by atoms with E-state index in [9.17, 15) is 4.79 Å². The van der Waals surface area contributed by atoms with Gasteiger partial charge >= 0.3 is 0 Å². The molecule has 1 aliphatic rings. The van der Waals surface area contributed by atoms with E-state index in [1.54, 1.807) is 0 Å². The number of amides is 1. The Balaban J connectivity index is 0.00000220. The Labute approximate surface area is 134 Å². The molecule has 2 unspecified atom stereocenters. The Morgan fingerprint density at radius 3 is 2.76 bits per heavy atom. The molecule has 0 heterocycles. The van der Waals surface area contributed by atoms with E-state index < -0.39 is 0 Å². The van der Waals surface area contributed by atoms with Gasteiger partial charge < -0.3 is 11.1 Å². The Morgan fingerprint density at radius 1 is 1.38 bits per heavy atom. The van der Waals surface area contributed by atoms with Crippen LogP contribution < -0.4 is 11.1 Å². The number of anilines is 1. The van der Waals surface area contributed by atoms with Crippen LogP contribution in [0.5, 0.6) is 0 Å². The second kappa shape index (κ2) is 7.69. The second-order valence-corrected chi connectivity index (χ2v) is 6.40. The second-order valence-electron chi connectivity index (χ2n) is 6.40. The largest absolute Gasteiger partial charge is 0.399 e. The first-order valence-corrected chi connectivity index (χ1v) is 7.65. The van der Waals surface area contributed by atoms with Crippen LogP contribution in [0, 0.1) is 11.8 Å². The highest BCUT2D eigenvalue weighted by molar-refractivity contribution is 5.85. The third-order valence-electron chi connectivity index (χ3n) is 4.46. The standard InChI is InChI=1S/C17H26N2O.ClH/c1-11(2)12(3)9-17(20)19-16-6-4-5-13-10-14(18)7-8-15(13)16;/h7-8,10-12,16H,4-6,9,18H2,1-3H3,(H,19,20);1H. The molecule has 3 N–H and O–H groups in total. The van der Waals surface area contributed by atoms with Crippen LogP contribution in [0.1, 0.15) is 57.2 Å². The number of carbonyl (C=O) groups is 1. The highest BCUT2D eigenvalue weighted by Crippen LogP contribution is 2.31. The molecule has 0 bridgehead atoms. The maximum atomic E-state index is 12.2. The Kier molecular flexibility index (Phi) is 6.53. The number of carbonyl (C=O) groups excluding carboxylic acids is 1. The summed E-state index contributed by atoms with van der Waals surface area (Å²) in [6.07, 6.45) is 3.81. The molecule has 1 aromatic carbocycles. The zero-order valence-corrected chi connectivity index (χ0v) is 14.0. The van der Waals surface area contributed by atoms with Crippen molar-refractivity contribution in [3.8, 4) is 0 Å². The molecule has 0 spiro atoms. The van der Waals surface area contributed by atoms with E-state index in [0.717, 1.165) is 24.9 Å². The zero-order chi connectivity index (χ0) is 14.7. The summed E-state index contributed by atoms with van der Waals surface area (Å²) in [7, 11) is 0. The first-order chi connectivity index (χ1) is 9.47. The average Bonchev–Trinajstić information content (AvgIpc) is 2.38. The summed E-state index contributed by atoms with van der Waals surface area (Å²) in [6, 6.07) is 6.21. The van der Waals surface area contributed by atoms with Crippen molar-refractivity contribution in [3.05, 3.63) is 29.3 Å². The fraction of sp³-hybridized carbons (Fsp3) is 0.588. The van der Waals surface area contributed by atoms with E-state index in [2.05, 4.69) is 32.2 Å². The van der Waals surface area contributed by atoms with E-state index >= 15 is 0 Å². The fourth-order valence-electron chi connectivity index (χ4n) is 2.77. The van der Waals surface area contributed by atoms with Gasteiger partial charge in [0.05, 0.1) is 6.04 Å². The predicted molar refractivity (Wildman–Crippen MR) is 90.5 cm³/mol. The van der Waals surface area contributed by atoms with E-state index in [0.29, 0.717) is 18.3 Å². The van der Waals surface area contributed by atoms with Crippen molar-refractivity contribution in [3.63, 3.8) is 0 Å². The van der Waals surface area contributed by atoms with Gasteiger partial charge in [-0.05, 0) is 54.4 Å². The number of nitrogen functional groups attached to an aromatic ring is 1. The number of fused-ring (bicyclic) bond motifs is 1. The van der Waals surface area contributed by atoms with Gasteiger partial charge in [-0.25, -0.2) is 0 Å². The molecule has 118 valence electrons. The number of hydrogen-bond acceptors (Lipinski definition) is 2. The smallest absolute Gasteiger partial charge is 0.220 e. The van der Waals surface area contributed by atoms with Gasteiger partial charge in [0.1, 0.15) is 0 Å². The third kappa shape index (κ3) is 4.63. The van der Waals surface area contributed by atoms with Crippen molar-refractivity contribution >= 4 is 24.0 Å². The lowest BCUT2D eigenvalue weighted by Gasteiger charge is -2.27. The molecule has 0 saturated heterocycles. The van der Waals surface area contributed by atoms with Crippen LogP contribution in [0.25, 0.3) is 0 Å². The number of nitrogens with one attached hydrogen (secondary N) is 1. The van der Waals surface area contributed by atoms with Gasteiger partial charge in [-0.2, -0.15) is 0 Å². The molecule has 0 radical (unpaired) electrons. The highest BCUT2D eigenvalue weighted by Gasteiger charge is 2.22. The van der Waals surface area contributed by atoms with Crippen LogP contribution in [0.4, 0.5) is 5.69 Å². The lowest BCUT2D eigenvalue weighted by molar-refractivity contribution is -0.123. The van der Waals surface area contributed by atoms with E-state index in [1.165, 1.54) is 11.1 Å². The summed E-state index contributed by atoms with van der Waals surface area (Å²) in [6.45, 7) is 6.47. The van der Waals surface area contributed by atoms with Crippen LogP contribution in [0.3, 0.4) is 0 Å². The molecule has 3 nitrogen and oxygen atoms in total. The lowest BCUT2D eigenvalue weighted by Crippen LogP contribution is -2.32. The minimum absolute atomic E-state index is 0. The summed E-state index contributed by atoms with van der Waals surface area (Å²) >= 11 is 0. The third-order valence-corrected chi connectivity index (χ3v) is 4.46. The minimum atomic E-state index is 0. The predicted octanol–water partition coefficient (Wildman–Crippen LogP) is 3.87. The van der Waals surface area contributed by atoms with Gasteiger partial charge in [0.15, 0.2) is 0 Å². The van der Waals surface area contributed by atoms with E-state index in [4.69, 9.17) is 5.73 Å². The number of benzene rings is 1. The van der Waals surface area contributed by atoms with Gasteiger partial charge in [0, 0.05) is 12.1 Å². The monoisotopic (exact) mass is 310 g/mol. The molecule has 21 heavy (non-hydrogen) atoms. The number of aryl methyl sites for hydroxylation is 1. The topological polar surface area (TPSA) is 55.1 Å². The summed E-state index contributed by atoms with van der Waals surface area (Å²) in [5.41, 5.74) is 9.19. The maximum absolute atomic E-state index is 12.2. The molecule has 0 fully saturated rings. The van der Waals surface area contributed by atoms with Crippen molar-refractivity contribution in [2.45, 2.75) is 52.5 Å². The molecule has 4 heteroatoms. The molecule has 1 amide bonds. The normalized spacial score (nSPS) is 18.6. The highest BCUT2D eigenvalue weighted by atomic mass is 35.5. The SMILES string of the molecule is CC(C)C(C)CC(=O)NC1CCCc2cc(N)ccc21.Cl. The maximum Gasteiger partial charge on any atom is 0.220 e. The molecular formula is C17H27ClN2O. The van der Waals surface area contributed by atoms with Crippen LogP contribution in [0.15, 0.2) is 18.2 Å². The van der Waals surface area contributed by atoms with Crippen LogP contribution in [-0.4, -0.2) is 5.91 Å². The van der Waals surface area contributed by atoms with Crippen molar-refractivity contribution in [1.82, 2.24) is 5.32 Å². The van der Waals surface area contributed by atoms with Gasteiger partial charge in [0.25, 0.3) is 0 Å². The molecule has 0 aliphatic heterocycles. The first-order valence-electron chi connectivity index (χ1n) is 7.65. The molecule has 1 aromatic rings. The molecule has 1 aliphatic carbocycles. The van der Waals surface area contributed by atoms with Crippen molar-refractivity contribution in [1.29, 1.82) is 0 Å². The average molecular weight is 311 g/mol. The fourth-order valence-corrected chi connectivity index (χ4v) is 2.77. The first kappa shape index (κ1) is 17.8. The van der Waals surface area contributed by atoms with Gasteiger partial charge in [-0.1, -0.05) is 26.8 Å². The number of halogens is 1. The quantitative estimate of drug-likeness (QED) is 0.830. The van der Waals surface area contributed by atoms with Gasteiger partial charge in [0.2, 0.25) is 5.91 Å². The van der Waals surface area contributed by atoms with Crippen LogP contribution in [-0.2, 0) is 11.2 Å². The van der Waals surface area contributed by atoms with Gasteiger partial charge in [-0.15, -0.1) is 12.4 Å². The number of hydrogen-bond donors (Lipinski definition) is 2. The zero-order valence-electron chi connectivity index (χ0n) is 13.2. The minimum Gasteiger partial charge on any atom is -0.399 e. The van der Waals surface area contributed by atoms with Crippen LogP contribution in [0.2, 0.25) is 0 Å². The molecule has 2 atom stereocenters. The molecule has 2 rings (SSSR count). The number of nitrogens with two attached hydrogens (primary N) is 1. The summed E-state index contributed by atoms with van der Waals surface area (Å²) < 4.78 is 0. The van der Waals surface area contributed by atoms with Gasteiger partial charge in [-0.3, -0.25) is 4.79 Å². The molecular weight excluding hydrogens is 284 g/mol. The van der Waals surface area contributed by atoms with Crippen molar-refractivity contribution < 1.29 is 4.79 Å². The van der Waals surface area contributed by atoms with Crippen LogP contribution >= 0.6 is 12.4 Å². The van der Waals surface area contributed by atoms with E-state index in [-0.39, 0.29) is 24.4 Å². The molecule has 0 saturated carbocycles.